The number of esters is 1. The van der Waals surface area contributed by atoms with E-state index in [1.807, 2.05) is 30.3 Å². The molecule has 0 bridgehead atoms. The Morgan fingerprint density at radius 3 is 2.42 bits per heavy atom. The molecule has 132 valence electrons. The number of hydrogen-bond donors (Lipinski definition) is 2. The van der Waals surface area contributed by atoms with Crippen LogP contribution in [0.3, 0.4) is 0 Å². The van der Waals surface area contributed by atoms with Gasteiger partial charge in [0.2, 0.25) is 5.78 Å². The van der Waals surface area contributed by atoms with Crippen molar-refractivity contribution in [2.24, 2.45) is 0 Å². The minimum absolute atomic E-state index is 0.188. The van der Waals surface area contributed by atoms with Crippen molar-refractivity contribution in [2.75, 3.05) is 13.2 Å². The number of nitrogens with one attached hydrogen (secondary N) is 1. The fraction of sp³-hybridized carbons (Fsp3) is 0.150. The van der Waals surface area contributed by atoms with Gasteiger partial charge in [-0.3, -0.25) is 14.4 Å². The largest absolute Gasteiger partial charge is 0.506 e. The Morgan fingerprint density at radius 1 is 1.04 bits per heavy atom. The maximum Gasteiger partial charge on any atom is 0.325 e. The van der Waals surface area contributed by atoms with Crippen LogP contribution >= 0.6 is 0 Å². The molecule has 1 aliphatic rings. The number of ketones is 1. The molecule has 6 heteroatoms. The highest BCUT2D eigenvalue weighted by Crippen LogP contribution is 2.38. The van der Waals surface area contributed by atoms with Crippen molar-refractivity contribution < 1.29 is 24.2 Å². The van der Waals surface area contributed by atoms with Crippen LogP contribution in [0.2, 0.25) is 0 Å². The standard InChI is InChI=1S/C20H17NO5/c1-2-26-15(22)11-21-20(25)17-18(23)14-10-6-9-13(16(14)19(17)24)12-7-4-3-5-8-12/h3-10,24H,2,11H2,1H3,(H,21,25). The van der Waals surface area contributed by atoms with Crippen LogP contribution in [0, 0.1) is 0 Å². The summed E-state index contributed by atoms with van der Waals surface area (Å²) in [7, 11) is 0. The van der Waals surface area contributed by atoms with E-state index in [0.29, 0.717) is 11.1 Å². The van der Waals surface area contributed by atoms with Crippen LogP contribution in [0.5, 0.6) is 0 Å². The van der Waals surface area contributed by atoms with Gasteiger partial charge in [0, 0.05) is 11.1 Å². The summed E-state index contributed by atoms with van der Waals surface area (Å²) in [5.41, 5.74) is 1.68. The molecule has 6 nitrogen and oxygen atoms in total. The lowest BCUT2D eigenvalue weighted by Crippen LogP contribution is -2.33. The zero-order chi connectivity index (χ0) is 18.7. The summed E-state index contributed by atoms with van der Waals surface area (Å²) in [6.07, 6.45) is 0. The highest BCUT2D eigenvalue weighted by molar-refractivity contribution is 6.34. The number of carbonyl (C=O) groups is 3. The minimum atomic E-state index is -0.809. The van der Waals surface area contributed by atoms with E-state index in [-0.39, 0.29) is 30.0 Å². The molecule has 2 aromatic rings. The predicted octanol–water partition coefficient (Wildman–Crippen LogP) is 2.50. The monoisotopic (exact) mass is 351 g/mol. The van der Waals surface area contributed by atoms with E-state index in [0.717, 1.165) is 5.56 Å². The molecule has 0 spiro atoms. The van der Waals surface area contributed by atoms with E-state index < -0.39 is 17.7 Å². The third-order valence-electron chi connectivity index (χ3n) is 4.02. The van der Waals surface area contributed by atoms with Crippen LogP contribution < -0.4 is 5.32 Å². The van der Waals surface area contributed by atoms with Crippen molar-refractivity contribution in [3.63, 3.8) is 0 Å². The first-order valence-corrected chi connectivity index (χ1v) is 8.15. The fourth-order valence-electron chi connectivity index (χ4n) is 2.89. The molecule has 0 atom stereocenters. The summed E-state index contributed by atoms with van der Waals surface area (Å²) < 4.78 is 4.73. The van der Waals surface area contributed by atoms with Gasteiger partial charge < -0.3 is 15.2 Å². The quantitative estimate of drug-likeness (QED) is 0.638. The molecule has 1 aliphatic carbocycles. The average molecular weight is 351 g/mol. The van der Waals surface area contributed by atoms with Gasteiger partial charge in [0.1, 0.15) is 17.9 Å². The normalized spacial score (nSPS) is 12.7. The molecule has 0 fully saturated rings. The minimum Gasteiger partial charge on any atom is -0.506 e. The average Bonchev–Trinajstić information content (AvgIpc) is 2.92. The highest BCUT2D eigenvalue weighted by Gasteiger charge is 2.36. The number of rotatable bonds is 5. The molecule has 0 aromatic heterocycles. The molecule has 0 saturated carbocycles. The zero-order valence-corrected chi connectivity index (χ0v) is 14.1. The van der Waals surface area contributed by atoms with Crippen LogP contribution in [-0.2, 0) is 14.3 Å². The number of benzene rings is 2. The first-order chi connectivity index (χ1) is 12.5. The second-order valence-electron chi connectivity index (χ2n) is 5.63. The van der Waals surface area contributed by atoms with Crippen LogP contribution in [0.15, 0.2) is 54.1 Å². The Bertz CT molecular complexity index is 915. The topological polar surface area (TPSA) is 92.7 Å². The molecular formula is C20H17NO5. The molecule has 0 aliphatic heterocycles. The number of carbonyl (C=O) groups excluding carboxylic acids is 3. The first-order valence-electron chi connectivity index (χ1n) is 8.15. The Labute approximate surface area is 150 Å². The molecule has 0 saturated heterocycles. The molecule has 2 aromatic carbocycles. The Morgan fingerprint density at radius 2 is 1.73 bits per heavy atom. The van der Waals surface area contributed by atoms with E-state index in [1.165, 1.54) is 0 Å². The maximum absolute atomic E-state index is 12.6. The number of aliphatic hydroxyl groups excluding tert-OH is 1. The molecule has 26 heavy (non-hydrogen) atoms. The van der Waals surface area contributed by atoms with Crippen LogP contribution in [0.1, 0.15) is 22.8 Å². The summed E-state index contributed by atoms with van der Waals surface area (Å²) in [5.74, 6) is -2.38. The molecule has 2 N–H and O–H groups in total. The highest BCUT2D eigenvalue weighted by atomic mass is 16.5. The van der Waals surface area contributed by atoms with Gasteiger partial charge >= 0.3 is 5.97 Å². The van der Waals surface area contributed by atoms with Crippen molar-refractivity contribution in [1.29, 1.82) is 0 Å². The van der Waals surface area contributed by atoms with Gasteiger partial charge in [0.15, 0.2) is 0 Å². The number of amides is 1. The van der Waals surface area contributed by atoms with Crippen LogP contribution in [0.25, 0.3) is 16.9 Å². The van der Waals surface area contributed by atoms with Crippen molar-refractivity contribution in [3.8, 4) is 11.1 Å². The summed E-state index contributed by atoms with van der Waals surface area (Å²) in [4.78, 5) is 36.3. The van der Waals surface area contributed by atoms with Gasteiger partial charge in [0.25, 0.3) is 5.91 Å². The van der Waals surface area contributed by atoms with Crippen LogP contribution in [0.4, 0.5) is 0 Å². The van der Waals surface area contributed by atoms with Gasteiger partial charge in [-0.2, -0.15) is 0 Å². The van der Waals surface area contributed by atoms with Crippen molar-refractivity contribution in [2.45, 2.75) is 6.92 Å². The van der Waals surface area contributed by atoms with E-state index in [1.54, 1.807) is 25.1 Å². The molecule has 0 radical (unpaired) electrons. The second kappa shape index (κ2) is 7.23. The SMILES string of the molecule is CCOC(=O)CNC(=O)C1=C(O)c2c(cccc2-c2ccccc2)C1=O. The molecular weight excluding hydrogens is 334 g/mol. The number of ether oxygens (including phenoxy) is 1. The number of fused-ring (bicyclic) bond motifs is 1. The molecule has 0 unspecified atom stereocenters. The van der Waals surface area contributed by atoms with Gasteiger partial charge in [0.05, 0.1) is 6.61 Å². The van der Waals surface area contributed by atoms with Crippen molar-refractivity contribution in [3.05, 3.63) is 65.2 Å². The lowest BCUT2D eigenvalue weighted by atomic mass is 9.96. The van der Waals surface area contributed by atoms with Crippen molar-refractivity contribution in [1.82, 2.24) is 5.32 Å². The molecule has 3 rings (SSSR count). The fourth-order valence-corrected chi connectivity index (χ4v) is 2.89. The van der Waals surface area contributed by atoms with Crippen molar-refractivity contribution >= 4 is 23.4 Å². The summed E-state index contributed by atoms with van der Waals surface area (Å²) in [6, 6.07) is 14.3. The number of hydrogen-bond acceptors (Lipinski definition) is 5. The van der Waals surface area contributed by atoms with Gasteiger partial charge in [-0.1, -0.05) is 48.5 Å². The summed E-state index contributed by atoms with van der Waals surface area (Å²) in [6.45, 7) is 1.46. The Hall–Kier alpha value is -3.41. The van der Waals surface area contributed by atoms with E-state index in [2.05, 4.69) is 5.32 Å². The summed E-state index contributed by atoms with van der Waals surface area (Å²) >= 11 is 0. The molecule has 1 amide bonds. The first kappa shape index (κ1) is 17.4. The summed E-state index contributed by atoms with van der Waals surface area (Å²) in [5, 5.41) is 12.9. The van der Waals surface area contributed by atoms with Gasteiger partial charge in [-0.05, 0) is 18.1 Å². The van der Waals surface area contributed by atoms with E-state index in [4.69, 9.17) is 4.74 Å². The Balaban J connectivity index is 1.95. The third-order valence-corrected chi connectivity index (χ3v) is 4.02. The number of aliphatic hydroxyl groups is 1. The van der Waals surface area contributed by atoms with E-state index >= 15 is 0 Å². The number of Topliss-reactive ketones (excluding diaryl/α,β-unsaturated/α-hetero) is 1. The lowest BCUT2D eigenvalue weighted by molar-refractivity contribution is -0.143. The lowest BCUT2D eigenvalue weighted by Gasteiger charge is -2.08. The maximum atomic E-state index is 12.6. The van der Waals surface area contributed by atoms with Gasteiger partial charge in [-0.25, -0.2) is 0 Å². The second-order valence-corrected chi connectivity index (χ2v) is 5.63. The molecule has 0 heterocycles. The Kier molecular flexibility index (Phi) is 4.84. The van der Waals surface area contributed by atoms with E-state index in [9.17, 15) is 19.5 Å². The third kappa shape index (κ3) is 3.09. The van der Waals surface area contributed by atoms with Gasteiger partial charge in [-0.15, -0.1) is 0 Å². The predicted molar refractivity (Wildman–Crippen MR) is 95.4 cm³/mol. The van der Waals surface area contributed by atoms with Crippen LogP contribution in [-0.4, -0.2) is 35.9 Å². The smallest absolute Gasteiger partial charge is 0.325 e. The zero-order valence-electron chi connectivity index (χ0n) is 14.1.